The summed E-state index contributed by atoms with van der Waals surface area (Å²) in [6, 6.07) is 5.93. The molecule has 0 aliphatic heterocycles. The maximum atomic E-state index is 5.39. The number of nitrogens with one attached hydrogen (secondary N) is 2. The Hall–Kier alpha value is -1.22. The first-order valence-corrected chi connectivity index (χ1v) is 7.64. The molecule has 8 heteroatoms. The molecular formula is C12H16BrN5OS. The van der Waals surface area contributed by atoms with Crippen LogP contribution in [0.3, 0.4) is 0 Å². The second-order valence-corrected chi connectivity index (χ2v) is 6.56. The smallest absolute Gasteiger partial charge is 0.158 e. The lowest BCUT2D eigenvalue weighted by Gasteiger charge is -2.09. The molecule has 0 fully saturated rings. The van der Waals surface area contributed by atoms with Crippen LogP contribution >= 0.6 is 27.3 Å². The van der Waals surface area contributed by atoms with Gasteiger partial charge in [-0.05, 0) is 34.5 Å². The summed E-state index contributed by atoms with van der Waals surface area (Å²) in [5.41, 5.74) is 2.53. The molecule has 0 spiro atoms. The largest absolute Gasteiger partial charge is 0.377 e. The van der Waals surface area contributed by atoms with Crippen molar-refractivity contribution in [1.29, 1.82) is 0 Å². The lowest BCUT2D eigenvalue weighted by Crippen LogP contribution is -2.13. The summed E-state index contributed by atoms with van der Waals surface area (Å²) in [5, 5.41) is 3.27. The first-order chi connectivity index (χ1) is 9.71. The van der Waals surface area contributed by atoms with Crippen molar-refractivity contribution in [3.05, 3.63) is 32.7 Å². The monoisotopic (exact) mass is 357 g/mol. The number of ether oxygens (including phenoxy) is 1. The van der Waals surface area contributed by atoms with Crippen molar-refractivity contribution in [1.82, 2.24) is 9.97 Å². The zero-order chi connectivity index (χ0) is 14.4. The fourth-order valence-corrected chi connectivity index (χ4v) is 3.14. The Morgan fingerprint density at radius 2 is 2.15 bits per heavy atom. The van der Waals surface area contributed by atoms with Gasteiger partial charge in [-0.15, -0.1) is 11.3 Å². The van der Waals surface area contributed by atoms with Crippen LogP contribution in [-0.2, 0) is 17.8 Å². The highest BCUT2D eigenvalue weighted by atomic mass is 79.9. The van der Waals surface area contributed by atoms with Gasteiger partial charge in [0.15, 0.2) is 5.82 Å². The molecule has 108 valence electrons. The summed E-state index contributed by atoms with van der Waals surface area (Å²) >= 11 is 5.19. The highest BCUT2D eigenvalue weighted by molar-refractivity contribution is 9.11. The van der Waals surface area contributed by atoms with Gasteiger partial charge in [-0.2, -0.15) is 0 Å². The maximum Gasteiger partial charge on any atom is 0.158 e. The molecule has 2 aromatic heterocycles. The molecule has 0 radical (unpaired) electrons. The number of methoxy groups -OCH3 is 1. The predicted octanol–water partition coefficient (Wildman–Crippen LogP) is 2.39. The van der Waals surface area contributed by atoms with Gasteiger partial charge in [0.2, 0.25) is 0 Å². The van der Waals surface area contributed by atoms with E-state index in [2.05, 4.69) is 48.8 Å². The van der Waals surface area contributed by atoms with Gasteiger partial charge in [0.05, 0.1) is 3.79 Å². The van der Waals surface area contributed by atoms with Gasteiger partial charge < -0.3 is 15.5 Å². The zero-order valence-electron chi connectivity index (χ0n) is 11.0. The summed E-state index contributed by atoms with van der Waals surface area (Å²) in [4.78, 5) is 9.87. The summed E-state index contributed by atoms with van der Waals surface area (Å²) in [7, 11) is 1.60. The molecule has 0 amide bonds. The van der Waals surface area contributed by atoms with Crippen LogP contribution in [-0.4, -0.2) is 23.6 Å². The average Bonchev–Trinajstić information content (AvgIpc) is 2.84. The van der Waals surface area contributed by atoms with E-state index in [9.17, 15) is 0 Å². The highest BCUT2D eigenvalue weighted by Gasteiger charge is 2.04. The van der Waals surface area contributed by atoms with Crippen LogP contribution in [0.25, 0.3) is 0 Å². The van der Waals surface area contributed by atoms with E-state index >= 15 is 0 Å². The minimum absolute atomic E-state index is 0.349. The predicted molar refractivity (Wildman–Crippen MR) is 84.8 cm³/mol. The fourth-order valence-electron chi connectivity index (χ4n) is 1.66. The third-order valence-corrected chi connectivity index (χ3v) is 4.18. The van der Waals surface area contributed by atoms with E-state index < -0.39 is 0 Å². The highest BCUT2D eigenvalue weighted by Crippen LogP contribution is 2.22. The van der Waals surface area contributed by atoms with E-state index in [4.69, 9.17) is 10.6 Å². The first-order valence-electron chi connectivity index (χ1n) is 6.03. The number of halogens is 1. The van der Waals surface area contributed by atoms with Gasteiger partial charge >= 0.3 is 0 Å². The topological polar surface area (TPSA) is 85.1 Å². The quantitative estimate of drug-likeness (QED) is 0.521. The summed E-state index contributed by atoms with van der Waals surface area (Å²) < 4.78 is 6.18. The van der Waals surface area contributed by atoms with Gasteiger partial charge in [-0.1, -0.05) is 0 Å². The Kier molecular flexibility index (Phi) is 5.72. The number of anilines is 2. The van der Waals surface area contributed by atoms with E-state index in [0.29, 0.717) is 18.2 Å². The molecule has 0 aliphatic rings. The third kappa shape index (κ3) is 4.41. The van der Waals surface area contributed by atoms with Crippen molar-refractivity contribution in [2.45, 2.75) is 13.0 Å². The molecule has 0 saturated carbocycles. The number of hydrogen-bond acceptors (Lipinski definition) is 7. The van der Waals surface area contributed by atoms with Crippen LogP contribution in [0.2, 0.25) is 0 Å². The normalized spacial score (nSPS) is 10.6. The molecule has 0 bridgehead atoms. The van der Waals surface area contributed by atoms with Crippen molar-refractivity contribution >= 4 is 38.9 Å². The second kappa shape index (κ2) is 7.53. The van der Waals surface area contributed by atoms with Gasteiger partial charge in [-0.3, -0.25) is 0 Å². The molecule has 2 aromatic rings. The first kappa shape index (κ1) is 15.2. The Bertz CT molecular complexity index is 563. The molecule has 4 N–H and O–H groups in total. The van der Waals surface area contributed by atoms with Crippen molar-refractivity contribution in [3.63, 3.8) is 0 Å². The molecule has 6 nitrogen and oxygen atoms in total. The number of aromatic nitrogens is 2. The van der Waals surface area contributed by atoms with Crippen LogP contribution in [0, 0.1) is 0 Å². The van der Waals surface area contributed by atoms with Gasteiger partial charge in [0.1, 0.15) is 18.2 Å². The lowest BCUT2D eigenvalue weighted by atomic mass is 10.3. The number of nitrogens with two attached hydrogens (primary N) is 1. The molecule has 20 heavy (non-hydrogen) atoms. The fraction of sp³-hybridized carbons (Fsp3) is 0.333. The molecular weight excluding hydrogens is 342 g/mol. The number of nitrogen functional groups attached to an aromatic ring is 1. The van der Waals surface area contributed by atoms with E-state index in [1.54, 1.807) is 24.5 Å². The Morgan fingerprint density at radius 3 is 2.80 bits per heavy atom. The van der Waals surface area contributed by atoms with Gasteiger partial charge in [0, 0.05) is 24.6 Å². The van der Waals surface area contributed by atoms with Crippen LogP contribution in [0.5, 0.6) is 0 Å². The summed E-state index contributed by atoms with van der Waals surface area (Å²) in [6.45, 7) is 1.14. The van der Waals surface area contributed by atoms with E-state index in [1.165, 1.54) is 4.88 Å². The molecule has 0 aliphatic carbocycles. The minimum atomic E-state index is 0.349. The minimum Gasteiger partial charge on any atom is -0.377 e. The lowest BCUT2D eigenvalue weighted by molar-refractivity contribution is 0.178. The van der Waals surface area contributed by atoms with Gasteiger partial charge in [0.25, 0.3) is 0 Å². The van der Waals surface area contributed by atoms with E-state index in [1.807, 2.05) is 0 Å². The standard InChI is InChI=1S/C12H16BrN5OS/c1-19-7-12-16-10(6-11(17-12)18-14)15-5-4-8-2-3-9(13)20-8/h2-3,6H,4-5,7,14H2,1H3,(H2,15,16,17,18). The van der Waals surface area contributed by atoms with Crippen LogP contribution in [0.4, 0.5) is 11.6 Å². The van der Waals surface area contributed by atoms with E-state index in [-0.39, 0.29) is 0 Å². The Balaban J connectivity index is 1.95. The summed E-state index contributed by atoms with van der Waals surface area (Å²) in [5.74, 6) is 7.28. The van der Waals surface area contributed by atoms with Crippen molar-refractivity contribution in [2.75, 3.05) is 24.4 Å². The average molecular weight is 358 g/mol. The Labute approximate surface area is 129 Å². The number of hydrazine groups is 1. The Morgan fingerprint density at radius 1 is 1.35 bits per heavy atom. The van der Waals surface area contributed by atoms with Crippen LogP contribution in [0.15, 0.2) is 22.0 Å². The molecule has 2 rings (SSSR count). The number of thiophene rings is 1. The second-order valence-electron chi connectivity index (χ2n) is 4.01. The summed E-state index contributed by atoms with van der Waals surface area (Å²) in [6.07, 6.45) is 0.936. The van der Waals surface area contributed by atoms with Crippen molar-refractivity contribution in [2.24, 2.45) is 5.84 Å². The molecule has 0 aromatic carbocycles. The van der Waals surface area contributed by atoms with Crippen LogP contribution < -0.4 is 16.6 Å². The molecule has 0 saturated heterocycles. The zero-order valence-corrected chi connectivity index (χ0v) is 13.4. The number of rotatable bonds is 7. The third-order valence-electron chi connectivity index (χ3n) is 2.50. The molecule has 0 unspecified atom stereocenters. The van der Waals surface area contributed by atoms with Crippen molar-refractivity contribution < 1.29 is 4.74 Å². The van der Waals surface area contributed by atoms with Crippen LogP contribution in [0.1, 0.15) is 10.7 Å². The van der Waals surface area contributed by atoms with Crippen molar-refractivity contribution in [3.8, 4) is 0 Å². The molecule has 0 atom stereocenters. The SMILES string of the molecule is COCc1nc(NN)cc(NCCc2ccc(Br)s2)n1. The number of hydrogen-bond donors (Lipinski definition) is 3. The maximum absolute atomic E-state index is 5.39. The van der Waals surface area contributed by atoms with E-state index in [0.717, 1.165) is 22.6 Å². The number of nitrogens with zero attached hydrogens (tertiary/aromatic N) is 2. The van der Waals surface area contributed by atoms with Gasteiger partial charge in [-0.25, -0.2) is 15.8 Å². The molecule has 2 heterocycles.